The molecule has 12 heteroatoms. The summed E-state index contributed by atoms with van der Waals surface area (Å²) in [6, 6.07) is 14.9. The Morgan fingerprint density at radius 2 is 1.89 bits per heavy atom. The molecule has 0 saturated heterocycles. The van der Waals surface area contributed by atoms with E-state index in [9.17, 15) is 18.8 Å². The molecule has 0 spiro atoms. The molecule has 1 atom stereocenters. The molecule has 4 aromatic rings. The van der Waals surface area contributed by atoms with Crippen molar-refractivity contribution in [3.8, 4) is 11.5 Å². The fraction of sp³-hybridized carbons (Fsp3) is 0.192. The van der Waals surface area contributed by atoms with E-state index in [0.717, 1.165) is 5.56 Å². The van der Waals surface area contributed by atoms with E-state index in [-0.39, 0.29) is 37.0 Å². The molecule has 0 bridgehead atoms. The summed E-state index contributed by atoms with van der Waals surface area (Å²) in [5, 5.41) is 12.4. The lowest BCUT2D eigenvalue weighted by molar-refractivity contribution is -0.118. The first-order valence-corrected chi connectivity index (χ1v) is 11.7. The van der Waals surface area contributed by atoms with Gasteiger partial charge in [0.1, 0.15) is 22.9 Å². The van der Waals surface area contributed by atoms with Crippen LogP contribution < -0.4 is 25.4 Å². The van der Waals surface area contributed by atoms with E-state index >= 15 is 0 Å². The minimum atomic E-state index is -1.46. The third-order valence-electron chi connectivity index (χ3n) is 5.60. The minimum absolute atomic E-state index is 0.0325. The molecule has 194 valence electrons. The molecule has 3 amide bonds. The highest BCUT2D eigenvalue weighted by Crippen LogP contribution is 2.28. The Bertz CT molecular complexity index is 1540. The van der Waals surface area contributed by atoms with Crippen molar-refractivity contribution in [1.82, 2.24) is 25.2 Å². The number of nitrogens with one attached hydrogen (secondary N) is 3. The summed E-state index contributed by atoms with van der Waals surface area (Å²) in [6.07, 6.45) is 0.0138. The fourth-order valence-electron chi connectivity index (χ4n) is 3.89. The van der Waals surface area contributed by atoms with E-state index in [4.69, 9.17) is 9.47 Å². The summed E-state index contributed by atoms with van der Waals surface area (Å²) < 4.78 is 24.9. The van der Waals surface area contributed by atoms with E-state index in [1.165, 1.54) is 23.7 Å². The predicted octanol–water partition coefficient (Wildman–Crippen LogP) is 2.61. The minimum Gasteiger partial charge on any atom is -0.482 e. The van der Waals surface area contributed by atoms with Gasteiger partial charge in [-0.25, -0.2) is 13.9 Å². The van der Waals surface area contributed by atoms with Crippen molar-refractivity contribution in [2.24, 2.45) is 0 Å². The first kappa shape index (κ1) is 24.7. The lowest BCUT2D eigenvalue weighted by Gasteiger charge is -2.18. The molecule has 5 rings (SSSR count). The van der Waals surface area contributed by atoms with Crippen LogP contribution in [0.2, 0.25) is 0 Å². The summed E-state index contributed by atoms with van der Waals surface area (Å²) in [6.45, 7) is 1.54. The largest absolute Gasteiger partial charge is 0.482 e. The SMILES string of the molecule is CC(F)Oc1cccc(CNC(=O)c2cc(C(=O)NCc3ccc4c(c3)NC(=O)CO4)nc3ccnn23)c1. The monoisotopic (exact) mass is 518 g/mol. The summed E-state index contributed by atoms with van der Waals surface area (Å²) >= 11 is 0. The smallest absolute Gasteiger partial charge is 0.270 e. The first-order valence-electron chi connectivity index (χ1n) is 11.7. The number of halogens is 1. The third-order valence-corrected chi connectivity index (χ3v) is 5.60. The molecule has 2 aromatic carbocycles. The molecule has 3 N–H and O–H groups in total. The Hall–Kier alpha value is -5.00. The number of fused-ring (bicyclic) bond motifs is 2. The molecule has 1 unspecified atom stereocenters. The number of aromatic nitrogens is 3. The number of ether oxygens (including phenoxy) is 2. The zero-order valence-electron chi connectivity index (χ0n) is 20.2. The Kier molecular flexibility index (Phi) is 6.85. The number of anilines is 1. The molecule has 2 aromatic heterocycles. The van der Waals surface area contributed by atoms with Gasteiger partial charge in [-0.3, -0.25) is 14.4 Å². The lowest BCUT2D eigenvalue weighted by atomic mass is 10.1. The summed E-state index contributed by atoms with van der Waals surface area (Å²) in [4.78, 5) is 41.8. The van der Waals surface area contributed by atoms with Crippen molar-refractivity contribution >= 4 is 29.1 Å². The topological polar surface area (TPSA) is 136 Å². The highest BCUT2D eigenvalue weighted by molar-refractivity contribution is 5.98. The highest BCUT2D eigenvalue weighted by atomic mass is 19.1. The number of nitrogens with zero attached hydrogens (tertiary/aromatic N) is 3. The second kappa shape index (κ2) is 10.5. The normalized spacial score (nSPS) is 13.2. The van der Waals surface area contributed by atoms with Gasteiger partial charge in [-0.1, -0.05) is 18.2 Å². The van der Waals surface area contributed by atoms with Crippen LogP contribution in [0.25, 0.3) is 5.65 Å². The van der Waals surface area contributed by atoms with Gasteiger partial charge in [0.15, 0.2) is 12.3 Å². The van der Waals surface area contributed by atoms with Crippen LogP contribution in [-0.4, -0.2) is 45.3 Å². The number of carbonyl (C=O) groups is 3. The standard InChI is InChI=1S/C26H23FN6O5/c1-15(27)38-18-4-2-3-16(9-18)12-29-26(36)21-11-20(31-23-7-8-30-33(21)23)25(35)28-13-17-5-6-22-19(10-17)32-24(34)14-37-22/h2-11,15H,12-14H2,1H3,(H,28,35)(H,29,36)(H,32,34). The molecular weight excluding hydrogens is 495 g/mol. The van der Waals surface area contributed by atoms with Crippen LogP contribution >= 0.6 is 0 Å². The molecule has 1 aliphatic rings. The zero-order valence-corrected chi connectivity index (χ0v) is 20.2. The second-order valence-electron chi connectivity index (χ2n) is 8.47. The molecule has 0 fully saturated rings. The van der Waals surface area contributed by atoms with Crippen LogP contribution in [0.1, 0.15) is 39.0 Å². The molecule has 0 radical (unpaired) electrons. The number of alkyl halides is 1. The van der Waals surface area contributed by atoms with Gasteiger partial charge in [-0.15, -0.1) is 0 Å². The summed E-state index contributed by atoms with van der Waals surface area (Å²) in [5.41, 5.74) is 2.44. The van der Waals surface area contributed by atoms with Crippen LogP contribution in [-0.2, 0) is 17.9 Å². The maximum atomic E-state index is 13.1. The Labute approximate surface area is 216 Å². The average molecular weight is 519 g/mol. The Balaban J connectivity index is 1.29. The van der Waals surface area contributed by atoms with Gasteiger partial charge in [0.05, 0.1) is 11.9 Å². The van der Waals surface area contributed by atoms with Crippen LogP contribution in [0.3, 0.4) is 0 Å². The summed E-state index contributed by atoms with van der Waals surface area (Å²) in [7, 11) is 0. The van der Waals surface area contributed by atoms with Gasteiger partial charge in [0.25, 0.3) is 17.7 Å². The van der Waals surface area contributed by atoms with Gasteiger partial charge >= 0.3 is 0 Å². The van der Waals surface area contributed by atoms with E-state index in [1.54, 1.807) is 48.5 Å². The Morgan fingerprint density at radius 1 is 1.11 bits per heavy atom. The number of amides is 3. The Morgan fingerprint density at radius 3 is 2.71 bits per heavy atom. The second-order valence-corrected chi connectivity index (χ2v) is 8.47. The van der Waals surface area contributed by atoms with Gasteiger partial charge in [0, 0.05) is 32.1 Å². The molecule has 38 heavy (non-hydrogen) atoms. The van der Waals surface area contributed by atoms with Gasteiger partial charge < -0.3 is 25.4 Å². The van der Waals surface area contributed by atoms with Crippen LogP contribution in [0.15, 0.2) is 60.8 Å². The van der Waals surface area contributed by atoms with Gasteiger partial charge in [0.2, 0.25) is 6.36 Å². The quantitative estimate of drug-likeness (QED) is 0.326. The van der Waals surface area contributed by atoms with E-state index in [0.29, 0.717) is 28.4 Å². The molecule has 1 aliphatic heterocycles. The first-order chi connectivity index (χ1) is 18.4. The highest BCUT2D eigenvalue weighted by Gasteiger charge is 2.19. The fourth-order valence-corrected chi connectivity index (χ4v) is 3.89. The molecule has 0 saturated carbocycles. The third kappa shape index (κ3) is 5.53. The van der Waals surface area contributed by atoms with Gasteiger partial charge in [-0.05, 0) is 35.4 Å². The maximum absolute atomic E-state index is 13.1. The van der Waals surface area contributed by atoms with Crippen molar-refractivity contribution in [3.63, 3.8) is 0 Å². The van der Waals surface area contributed by atoms with E-state index in [2.05, 4.69) is 26.0 Å². The predicted molar refractivity (Wildman–Crippen MR) is 134 cm³/mol. The molecular formula is C26H23FN6O5. The van der Waals surface area contributed by atoms with E-state index in [1.807, 2.05) is 0 Å². The molecule has 3 heterocycles. The van der Waals surface area contributed by atoms with Gasteiger partial charge in [-0.2, -0.15) is 5.10 Å². The summed E-state index contributed by atoms with van der Waals surface area (Å²) in [5.74, 6) is -0.327. The number of carbonyl (C=O) groups excluding carboxylic acids is 3. The van der Waals surface area contributed by atoms with Crippen molar-refractivity contribution in [3.05, 3.63) is 83.3 Å². The number of hydrogen-bond acceptors (Lipinski definition) is 7. The lowest BCUT2D eigenvalue weighted by Crippen LogP contribution is -2.28. The molecule has 0 aliphatic carbocycles. The van der Waals surface area contributed by atoms with E-state index < -0.39 is 18.2 Å². The number of benzene rings is 2. The number of hydrogen-bond donors (Lipinski definition) is 3. The zero-order chi connectivity index (χ0) is 26.6. The maximum Gasteiger partial charge on any atom is 0.270 e. The van der Waals surface area contributed by atoms with Crippen molar-refractivity contribution in [1.29, 1.82) is 0 Å². The molecule has 11 nitrogen and oxygen atoms in total. The number of rotatable bonds is 8. The van der Waals surface area contributed by atoms with Crippen LogP contribution in [0.5, 0.6) is 11.5 Å². The van der Waals surface area contributed by atoms with Crippen LogP contribution in [0.4, 0.5) is 10.1 Å². The van der Waals surface area contributed by atoms with Crippen molar-refractivity contribution in [2.75, 3.05) is 11.9 Å². The van der Waals surface area contributed by atoms with Crippen molar-refractivity contribution in [2.45, 2.75) is 26.4 Å². The average Bonchev–Trinajstić information content (AvgIpc) is 3.38. The van der Waals surface area contributed by atoms with Crippen LogP contribution in [0, 0.1) is 0 Å². The van der Waals surface area contributed by atoms with Crippen molar-refractivity contribution < 1.29 is 28.2 Å².